The zero-order valence-corrected chi connectivity index (χ0v) is 29.3. The molecule has 0 bridgehead atoms. The fraction of sp³-hybridized carbons (Fsp3) is 0.650. The first kappa shape index (κ1) is 43.3. The molecule has 0 aliphatic heterocycles. The summed E-state index contributed by atoms with van der Waals surface area (Å²) < 4.78 is 10.2. The minimum Gasteiger partial charge on any atom is -0.463 e. The second kappa shape index (κ2) is 33.7. The summed E-state index contributed by atoms with van der Waals surface area (Å²) in [6, 6.07) is 0. The third kappa shape index (κ3) is 32.7. The van der Waals surface area contributed by atoms with Gasteiger partial charge in [-0.15, -0.1) is 0 Å². The van der Waals surface area contributed by atoms with Gasteiger partial charge in [-0.1, -0.05) is 151 Å². The maximum Gasteiger partial charge on any atom is 0.306 e. The maximum atomic E-state index is 11.9. The van der Waals surface area contributed by atoms with Crippen molar-refractivity contribution in [2.24, 2.45) is 5.92 Å². The molecule has 0 aromatic heterocycles. The summed E-state index contributed by atoms with van der Waals surface area (Å²) in [6.07, 6.45) is 39.9. The summed E-state index contributed by atoms with van der Waals surface area (Å²) in [6.45, 7) is 6.36. The summed E-state index contributed by atoms with van der Waals surface area (Å²) in [4.78, 5) is 23.8. The normalized spacial score (nSPS) is 14.5. The zero-order chi connectivity index (χ0) is 33.9. The lowest BCUT2D eigenvalue weighted by Crippen LogP contribution is -2.25. The standard InChI is InChI=1S/C40H66O6/c1-4-6-7-8-20-25-30-37(41)31-26-21-16-11-9-10-12-17-22-27-32-39(43)45-34-38(42)35-46-40(44)33-28-23-18-14-13-15-19-24-29-36(3)5-2/h6-7,9-10,16-17,20-22,25-26,31,36-38,41-42H,4-5,8,11-15,18-19,23-24,27-30,32-35H2,1-3H3/b7-6-,10-9-,21-16-,22-17-,25-20-,31-26+/t36?,37?,38-/m1/s1. The van der Waals surface area contributed by atoms with Crippen LogP contribution in [0.25, 0.3) is 0 Å². The Labute approximate surface area is 281 Å². The quantitative estimate of drug-likeness (QED) is 0.0351. The van der Waals surface area contributed by atoms with E-state index in [-0.39, 0.29) is 31.6 Å². The van der Waals surface area contributed by atoms with Crippen molar-refractivity contribution in [3.63, 3.8) is 0 Å². The molecule has 6 nitrogen and oxygen atoms in total. The lowest BCUT2D eigenvalue weighted by atomic mass is 9.99. The molecule has 0 radical (unpaired) electrons. The number of rotatable bonds is 30. The van der Waals surface area contributed by atoms with Crippen molar-refractivity contribution in [1.29, 1.82) is 0 Å². The maximum absolute atomic E-state index is 11.9. The highest BCUT2D eigenvalue weighted by molar-refractivity contribution is 5.70. The molecule has 0 rings (SSSR count). The average molecular weight is 643 g/mol. The van der Waals surface area contributed by atoms with E-state index in [2.05, 4.69) is 51.2 Å². The molecule has 0 aliphatic carbocycles. The Morgan fingerprint density at radius 2 is 1.17 bits per heavy atom. The van der Waals surface area contributed by atoms with Crippen LogP contribution in [0, 0.1) is 5.92 Å². The molecule has 0 aromatic carbocycles. The molecular weight excluding hydrogens is 576 g/mol. The fourth-order valence-corrected chi connectivity index (χ4v) is 4.46. The number of carbonyl (C=O) groups is 2. The van der Waals surface area contributed by atoms with E-state index in [0.717, 1.165) is 50.9 Å². The van der Waals surface area contributed by atoms with Crippen LogP contribution in [0.1, 0.15) is 136 Å². The molecule has 6 heteroatoms. The Bertz CT molecular complexity index is 897. The van der Waals surface area contributed by atoms with Gasteiger partial charge in [-0.25, -0.2) is 0 Å². The number of allylic oxidation sites excluding steroid dienone is 10. The molecular formula is C40H66O6. The first-order valence-corrected chi connectivity index (χ1v) is 18.0. The first-order chi connectivity index (χ1) is 22.4. The summed E-state index contributed by atoms with van der Waals surface area (Å²) in [5.41, 5.74) is 0. The van der Waals surface area contributed by atoms with E-state index in [1.807, 2.05) is 36.5 Å². The van der Waals surface area contributed by atoms with Gasteiger partial charge in [0.25, 0.3) is 0 Å². The minimum atomic E-state index is -1.01. The van der Waals surface area contributed by atoms with Gasteiger partial charge >= 0.3 is 11.9 Å². The second-order valence-electron chi connectivity index (χ2n) is 12.1. The summed E-state index contributed by atoms with van der Waals surface area (Å²) >= 11 is 0. The van der Waals surface area contributed by atoms with Crippen molar-refractivity contribution < 1.29 is 29.3 Å². The van der Waals surface area contributed by atoms with Gasteiger partial charge in [0, 0.05) is 12.8 Å². The van der Waals surface area contributed by atoms with Gasteiger partial charge in [-0.2, -0.15) is 0 Å². The van der Waals surface area contributed by atoms with E-state index in [4.69, 9.17) is 9.47 Å². The molecule has 262 valence electrons. The zero-order valence-electron chi connectivity index (χ0n) is 29.3. The molecule has 0 fully saturated rings. The molecule has 0 aliphatic rings. The van der Waals surface area contributed by atoms with Crippen molar-refractivity contribution in [2.45, 2.75) is 149 Å². The summed E-state index contributed by atoms with van der Waals surface area (Å²) in [7, 11) is 0. The molecule has 0 spiro atoms. The largest absolute Gasteiger partial charge is 0.463 e. The summed E-state index contributed by atoms with van der Waals surface area (Å²) in [5.74, 6) is 0.151. The molecule has 2 unspecified atom stereocenters. The fourth-order valence-electron chi connectivity index (χ4n) is 4.46. The molecule has 0 saturated carbocycles. The molecule has 2 N–H and O–H groups in total. The van der Waals surface area contributed by atoms with Crippen molar-refractivity contribution in [3.8, 4) is 0 Å². The van der Waals surface area contributed by atoms with Crippen LogP contribution in [-0.4, -0.2) is 47.6 Å². The minimum absolute atomic E-state index is 0.155. The predicted octanol–water partition coefficient (Wildman–Crippen LogP) is 9.83. The number of aliphatic hydroxyl groups is 2. The van der Waals surface area contributed by atoms with Crippen molar-refractivity contribution in [2.75, 3.05) is 13.2 Å². The third-order valence-corrected chi connectivity index (χ3v) is 7.59. The lowest BCUT2D eigenvalue weighted by molar-refractivity contribution is -0.152. The Balaban J connectivity index is 3.70. The van der Waals surface area contributed by atoms with Gasteiger partial charge in [0.05, 0.1) is 6.10 Å². The van der Waals surface area contributed by atoms with E-state index in [1.54, 1.807) is 6.08 Å². The van der Waals surface area contributed by atoms with Gasteiger partial charge in [-0.05, 0) is 50.9 Å². The number of esters is 2. The van der Waals surface area contributed by atoms with Gasteiger partial charge in [0.1, 0.15) is 19.3 Å². The van der Waals surface area contributed by atoms with E-state index in [0.29, 0.717) is 19.3 Å². The number of unbranched alkanes of at least 4 members (excludes halogenated alkanes) is 7. The van der Waals surface area contributed by atoms with Crippen LogP contribution >= 0.6 is 0 Å². The van der Waals surface area contributed by atoms with Crippen LogP contribution in [-0.2, 0) is 19.1 Å². The number of hydrogen-bond acceptors (Lipinski definition) is 6. The monoisotopic (exact) mass is 642 g/mol. The van der Waals surface area contributed by atoms with Gasteiger partial charge in [0.2, 0.25) is 0 Å². The SMILES string of the molecule is CC/C=C\C/C=C\CC(O)/C=C/C=C\C/C=C\C/C=C\CCC(=O)OC[C@@H](O)COC(=O)CCCCCCCCCCC(C)CC. The highest BCUT2D eigenvalue weighted by Crippen LogP contribution is 2.15. The Kier molecular flexibility index (Phi) is 31.7. The predicted molar refractivity (Wildman–Crippen MR) is 192 cm³/mol. The lowest BCUT2D eigenvalue weighted by Gasteiger charge is -2.12. The van der Waals surface area contributed by atoms with Crippen LogP contribution in [0.3, 0.4) is 0 Å². The number of ether oxygens (including phenoxy) is 2. The molecule has 3 atom stereocenters. The van der Waals surface area contributed by atoms with E-state index < -0.39 is 12.2 Å². The average Bonchev–Trinajstić information content (AvgIpc) is 3.05. The van der Waals surface area contributed by atoms with Crippen LogP contribution in [0.4, 0.5) is 0 Å². The second-order valence-corrected chi connectivity index (χ2v) is 12.1. The molecule has 46 heavy (non-hydrogen) atoms. The molecule has 0 saturated heterocycles. The van der Waals surface area contributed by atoms with E-state index >= 15 is 0 Å². The smallest absolute Gasteiger partial charge is 0.306 e. The van der Waals surface area contributed by atoms with E-state index in [1.165, 1.54) is 44.9 Å². The molecule has 0 heterocycles. The van der Waals surface area contributed by atoms with Crippen LogP contribution in [0.2, 0.25) is 0 Å². The van der Waals surface area contributed by atoms with Gasteiger partial charge in [-0.3, -0.25) is 9.59 Å². The Morgan fingerprint density at radius 3 is 1.83 bits per heavy atom. The van der Waals surface area contributed by atoms with Crippen LogP contribution in [0.5, 0.6) is 0 Å². The van der Waals surface area contributed by atoms with Crippen LogP contribution < -0.4 is 0 Å². The van der Waals surface area contributed by atoms with Crippen LogP contribution in [0.15, 0.2) is 72.9 Å². The topological polar surface area (TPSA) is 93.1 Å². The number of aliphatic hydroxyl groups excluding tert-OH is 2. The van der Waals surface area contributed by atoms with Crippen molar-refractivity contribution in [1.82, 2.24) is 0 Å². The molecule has 0 amide bonds. The summed E-state index contributed by atoms with van der Waals surface area (Å²) in [5, 5.41) is 19.9. The van der Waals surface area contributed by atoms with Gasteiger partial charge < -0.3 is 19.7 Å². The Hall–Kier alpha value is -2.70. The highest BCUT2D eigenvalue weighted by Gasteiger charge is 2.11. The third-order valence-electron chi connectivity index (χ3n) is 7.59. The Morgan fingerprint density at radius 1 is 0.630 bits per heavy atom. The van der Waals surface area contributed by atoms with Gasteiger partial charge in [0.15, 0.2) is 0 Å². The number of carbonyl (C=O) groups excluding carboxylic acids is 2. The number of hydrogen-bond donors (Lipinski definition) is 2. The molecule has 0 aromatic rings. The van der Waals surface area contributed by atoms with Crippen molar-refractivity contribution in [3.05, 3.63) is 72.9 Å². The first-order valence-electron chi connectivity index (χ1n) is 18.0. The highest BCUT2D eigenvalue weighted by atomic mass is 16.6. The van der Waals surface area contributed by atoms with Crippen molar-refractivity contribution >= 4 is 11.9 Å². The van der Waals surface area contributed by atoms with E-state index in [9.17, 15) is 19.8 Å².